The number of aryl methyl sites for hydroxylation is 1. The lowest BCUT2D eigenvalue weighted by Gasteiger charge is -2.19. The second kappa shape index (κ2) is 7.14. The lowest BCUT2D eigenvalue weighted by Crippen LogP contribution is -2.04. The highest BCUT2D eigenvalue weighted by Gasteiger charge is 2.16. The van der Waals surface area contributed by atoms with Crippen molar-refractivity contribution in [3.63, 3.8) is 0 Å². The van der Waals surface area contributed by atoms with Crippen LogP contribution in [-0.2, 0) is 4.79 Å². The Kier molecular flexibility index (Phi) is 4.76. The van der Waals surface area contributed by atoms with Gasteiger partial charge in [-0.25, -0.2) is 0 Å². The summed E-state index contributed by atoms with van der Waals surface area (Å²) >= 11 is 0. The molecule has 0 radical (unpaired) electrons. The third kappa shape index (κ3) is 3.72. The van der Waals surface area contributed by atoms with Crippen LogP contribution < -0.4 is 4.74 Å². The van der Waals surface area contributed by atoms with Gasteiger partial charge in [0.1, 0.15) is 5.75 Å². The Bertz CT molecular complexity index is 803. The van der Waals surface area contributed by atoms with Crippen molar-refractivity contribution in [2.45, 2.75) is 19.8 Å². The molecule has 0 fully saturated rings. The van der Waals surface area contributed by atoms with Crippen molar-refractivity contribution in [1.82, 2.24) is 0 Å². The molecule has 0 heterocycles. The van der Waals surface area contributed by atoms with Crippen molar-refractivity contribution < 1.29 is 9.53 Å². The fourth-order valence-electron chi connectivity index (χ4n) is 2.88. The van der Waals surface area contributed by atoms with Crippen LogP contribution in [0.1, 0.15) is 35.1 Å². The summed E-state index contributed by atoms with van der Waals surface area (Å²) in [6.45, 7) is 3.50. The van der Waals surface area contributed by atoms with Crippen molar-refractivity contribution in [3.05, 3.63) is 101 Å². The summed E-state index contributed by atoms with van der Waals surface area (Å²) in [6, 6.07) is 26.8. The average Bonchev–Trinajstić information content (AvgIpc) is 2.59. The summed E-state index contributed by atoms with van der Waals surface area (Å²) < 4.78 is 5.14. The van der Waals surface area contributed by atoms with E-state index in [1.165, 1.54) is 29.2 Å². The van der Waals surface area contributed by atoms with E-state index in [2.05, 4.69) is 55.5 Å². The normalized spacial score (nSPS) is 11.8. The maximum Gasteiger partial charge on any atom is 0.308 e. The Balaban J connectivity index is 2.01. The van der Waals surface area contributed by atoms with E-state index in [4.69, 9.17) is 4.74 Å². The van der Waals surface area contributed by atoms with Crippen LogP contribution >= 0.6 is 0 Å². The van der Waals surface area contributed by atoms with Crippen molar-refractivity contribution in [3.8, 4) is 5.75 Å². The van der Waals surface area contributed by atoms with Gasteiger partial charge in [-0.15, -0.1) is 0 Å². The predicted molar refractivity (Wildman–Crippen MR) is 96.3 cm³/mol. The second-order valence-corrected chi connectivity index (χ2v) is 5.92. The van der Waals surface area contributed by atoms with Crippen LogP contribution in [0.25, 0.3) is 0 Å². The highest BCUT2D eigenvalue weighted by molar-refractivity contribution is 5.69. The number of hydrogen-bond donors (Lipinski definition) is 0. The molecule has 0 bridgehead atoms. The molecule has 3 aromatic carbocycles. The van der Waals surface area contributed by atoms with Crippen LogP contribution in [0.15, 0.2) is 78.9 Å². The Hall–Kier alpha value is -2.87. The number of hydrogen-bond acceptors (Lipinski definition) is 2. The molecule has 24 heavy (non-hydrogen) atoms. The number of rotatable bonds is 4. The molecule has 0 amide bonds. The third-order valence-corrected chi connectivity index (χ3v) is 4.02. The Morgan fingerprint density at radius 3 is 1.79 bits per heavy atom. The quantitative estimate of drug-likeness (QED) is 0.380. The molecular weight excluding hydrogens is 296 g/mol. The zero-order valence-corrected chi connectivity index (χ0v) is 13.9. The molecule has 0 aliphatic carbocycles. The van der Waals surface area contributed by atoms with E-state index in [0.717, 1.165) is 0 Å². The maximum atomic E-state index is 11.1. The molecule has 0 saturated carbocycles. The number of benzene rings is 3. The van der Waals surface area contributed by atoms with Gasteiger partial charge in [-0.05, 0) is 35.7 Å². The van der Waals surface area contributed by atoms with E-state index < -0.39 is 0 Å². The van der Waals surface area contributed by atoms with Crippen LogP contribution in [0.3, 0.4) is 0 Å². The highest BCUT2D eigenvalue weighted by Crippen LogP contribution is 2.32. The summed E-state index contributed by atoms with van der Waals surface area (Å²) in [5.41, 5.74) is 4.89. The van der Waals surface area contributed by atoms with Gasteiger partial charge in [0.25, 0.3) is 0 Å². The first-order chi connectivity index (χ1) is 11.6. The van der Waals surface area contributed by atoms with Crippen molar-refractivity contribution in [2.75, 3.05) is 0 Å². The number of esters is 1. The van der Waals surface area contributed by atoms with E-state index in [9.17, 15) is 4.79 Å². The second-order valence-electron chi connectivity index (χ2n) is 5.92. The highest BCUT2D eigenvalue weighted by atomic mass is 16.5. The molecule has 1 atom stereocenters. The number of carbonyl (C=O) groups excluding carboxylic acids is 1. The van der Waals surface area contributed by atoms with Gasteiger partial charge >= 0.3 is 5.97 Å². The molecule has 3 aromatic rings. The largest absolute Gasteiger partial charge is 0.427 e. The lowest BCUT2D eigenvalue weighted by atomic mass is 9.85. The summed E-state index contributed by atoms with van der Waals surface area (Å²) in [7, 11) is 0. The van der Waals surface area contributed by atoms with Crippen LogP contribution in [0.4, 0.5) is 0 Å². The van der Waals surface area contributed by atoms with Gasteiger partial charge in [-0.1, -0.05) is 72.3 Å². The van der Waals surface area contributed by atoms with Crippen LogP contribution in [-0.4, -0.2) is 5.97 Å². The Labute approximate surface area is 142 Å². The lowest BCUT2D eigenvalue weighted by molar-refractivity contribution is -0.131. The van der Waals surface area contributed by atoms with Crippen LogP contribution in [0.5, 0.6) is 5.75 Å². The SMILES string of the molecule is CC(=O)Oc1ccc(C(c2ccccc2)c2ccc(C)cc2)cc1. The molecule has 120 valence electrons. The van der Waals surface area contributed by atoms with E-state index in [1.54, 1.807) is 0 Å². The molecule has 0 N–H and O–H groups in total. The van der Waals surface area contributed by atoms with Crippen LogP contribution in [0.2, 0.25) is 0 Å². The standard InChI is InChI=1S/C22H20O2/c1-16-8-10-19(11-9-16)22(18-6-4-3-5-7-18)20-12-14-21(15-13-20)24-17(2)23/h3-15,22H,1-2H3. The van der Waals surface area contributed by atoms with E-state index in [-0.39, 0.29) is 11.9 Å². The monoisotopic (exact) mass is 316 g/mol. The minimum absolute atomic E-state index is 0.151. The summed E-state index contributed by atoms with van der Waals surface area (Å²) in [5.74, 6) is 0.418. The van der Waals surface area contributed by atoms with E-state index in [1.807, 2.05) is 30.3 Å². The molecule has 2 nitrogen and oxygen atoms in total. The molecular formula is C22H20O2. The van der Waals surface area contributed by atoms with Gasteiger partial charge in [-0.2, -0.15) is 0 Å². The zero-order chi connectivity index (χ0) is 16.9. The molecule has 3 rings (SSSR count). The van der Waals surface area contributed by atoms with Gasteiger partial charge in [0.05, 0.1) is 0 Å². The van der Waals surface area contributed by atoms with Gasteiger partial charge in [0, 0.05) is 12.8 Å². The topological polar surface area (TPSA) is 26.3 Å². The summed E-state index contributed by atoms with van der Waals surface area (Å²) in [5, 5.41) is 0. The van der Waals surface area contributed by atoms with E-state index >= 15 is 0 Å². The molecule has 0 aromatic heterocycles. The van der Waals surface area contributed by atoms with Gasteiger partial charge < -0.3 is 4.74 Å². The Morgan fingerprint density at radius 1 is 0.750 bits per heavy atom. The van der Waals surface area contributed by atoms with Crippen LogP contribution in [0, 0.1) is 6.92 Å². The molecule has 0 aliphatic rings. The molecule has 0 spiro atoms. The van der Waals surface area contributed by atoms with E-state index in [0.29, 0.717) is 5.75 Å². The minimum atomic E-state index is -0.305. The zero-order valence-electron chi connectivity index (χ0n) is 13.9. The predicted octanol–water partition coefficient (Wildman–Crippen LogP) is 5.10. The number of carbonyl (C=O) groups is 1. The molecule has 2 heteroatoms. The summed E-state index contributed by atoms with van der Waals surface area (Å²) in [4.78, 5) is 11.1. The molecule has 1 unspecified atom stereocenters. The third-order valence-electron chi connectivity index (χ3n) is 4.02. The van der Waals surface area contributed by atoms with Gasteiger partial charge in [0.15, 0.2) is 0 Å². The average molecular weight is 316 g/mol. The van der Waals surface area contributed by atoms with Crippen molar-refractivity contribution in [1.29, 1.82) is 0 Å². The smallest absolute Gasteiger partial charge is 0.308 e. The maximum absolute atomic E-state index is 11.1. The molecule has 0 aliphatic heterocycles. The summed E-state index contributed by atoms with van der Waals surface area (Å²) in [6.07, 6.45) is 0. The first-order valence-corrected chi connectivity index (χ1v) is 8.03. The minimum Gasteiger partial charge on any atom is -0.427 e. The molecule has 0 saturated heterocycles. The van der Waals surface area contributed by atoms with Crippen molar-refractivity contribution in [2.24, 2.45) is 0 Å². The fourth-order valence-corrected chi connectivity index (χ4v) is 2.88. The van der Waals surface area contributed by atoms with Crippen molar-refractivity contribution >= 4 is 5.97 Å². The first kappa shape index (κ1) is 16.0. The fraction of sp³-hybridized carbons (Fsp3) is 0.136. The first-order valence-electron chi connectivity index (χ1n) is 8.03. The Morgan fingerprint density at radius 2 is 1.25 bits per heavy atom. The number of ether oxygens (including phenoxy) is 1. The van der Waals surface area contributed by atoms with Gasteiger partial charge in [0.2, 0.25) is 0 Å². The van der Waals surface area contributed by atoms with Gasteiger partial charge in [-0.3, -0.25) is 4.79 Å².